The van der Waals surface area contributed by atoms with Gasteiger partial charge in [0.2, 0.25) is 5.91 Å². The van der Waals surface area contributed by atoms with E-state index in [4.69, 9.17) is 16.0 Å². The van der Waals surface area contributed by atoms with Crippen molar-refractivity contribution in [1.82, 2.24) is 4.90 Å². The zero-order valence-electron chi connectivity index (χ0n) is 14.5. The average Bonchev–Trinajstić information content (AvgIpc) is 3.03. The largest absolute Gasteiger partial charge is 0.451 e. The predicted molar refractivity (Wildman–Crippen MR) is 98.3 cm³/mol. The molecule has 0 saturated carbocycles. The van der Waals surface area contributed by atoms with Crippen LogP contribution in [0.15, 0.2) is 52.9 Å². The van der Waals surface area contributed by atoms with Gasteiger partial charge in [0.25, 0.3) is 5.91 Å². The number of para-hydroxylation sites is 1. The summed E-state index contributed by atoms with van der Waals surface area (Å²) in [5.41, 5.74) is -0.893. The van der Waals surface area contributed by atoms with Crippen LogP contribution in [-0.2, 0) is 11.0 Å². The van der Waals surface area contributed by atoms with Crippen LogP contribution in [0, 0.1) is 0 Å². The topological polar surface area (TPSA) is 62.6 Å². The SMILES string of the molecule is CN(CC(=O)Nc1ccccc1C(F)(F)F)C(=O)c1cc2cc(Cl)ccc2o1. The van der Waals surface area contributed by atoms with E-state index in [9.17, 15) is 22.8 Å². The summed E-state index contributed by atoms with van der Waals surface area (Å²) in [6.07, 6.45) is -4.61. The maximum absolute atomic E-state index is 13.0. The fourth-order valence-corrected chi connectivity index (χ4v) is 2.80. The van der Waals surface area contributed by atoms with Gasteiger partial charge in [-0.05, 0) is 36.4 Å². The van der Waals surface area contributed by atoms with Crippen LogP contribution >= 0.6 is 11.6 Å². The Labute approximate surface area is 162 Å². The number of amides is 2. The molecule has 0 aliphatic heterocycles. The summed E-state index contributed by atoms with van der Waals surface area (Å²) < 4.78 is 44.4. The maximum atomic E-state index is 13.0. The molecule has 1 N–H and O–H groups in total. The number of carbonyl (C=O) groups is 2. The van der Waals surface area contributed by atoms with Gasteiger partial charge in [-0.3, -0.25) is 9.59 Å². The van der Waals surface area contributed by atoms with Crippen molar-refractivity contribution in [1.29, 1.82) is 0 Å². The summed E-state index contributed by atoms with van der Waals surface area (Å²) >= 11 is 5.89. The fraction of sp³-hybridized carbons (Fsp3) is 0.158. The molecule has 0 bridgehead atoms. The molecule has 0 fully saturated rings. The van der Waals surface area contributed by atoms with Gasteiger partial charge in [0.15, 0.2) is 5.76 Å². The van der Waals surface area contributed by atoms with Crippen molar-refractivity contribution >= 4 is 40.1 Å². The standard InChI is InChI=1S/C19H14ClF3N2O3/c1-25(18(27)16-9-11-8-12(20)6-7-15(11)28-16)10-17(26)24-14-5-3-2-4-13(14)19(21,22)23/h2-9H,10H2,1H3,(H,24,26). The van der Waals surface area contributed by atoms with Crippen LogP contribution in [0.5, 0.6) is 0 Å². The predicted octanol–water partition coefficient (Wildman–Crippen LogP) is 4.82. The molecule has 1 aromatic heterocycles. The van der Waals surface area contributed by atoms with Crippen molar-refractivity contribution in [3.63, 3.8) is 0 Å². The lowest BCUT2D eigenvalue weighted by molar-refractivity contribution is -0.137. The number of fused-ring (bicyclic) bond motifs is 1. The Morgan fingerprint density at radius 3 is 2.57 bits per heavy atom. The smallest absolute Gasteiger partial charge is 0.418 e. The second-order valence-corrected chi connectivity index (χ2v) is 6.48. The minimum atomic E-state index is -4.61. The van der Waals surface area contributed by atoms with Crippen LogP contribution in [0.2, 0.25) is 5.02 Å². The number of nitrogens with zero attached hydrogens (tertiary/aromatic N) is 1. The molecule has 3 aromatic rings. The van der Waals surface area contributed by atoms with E-state index in [1.165, 1.54) is 25.2 Å². The van der Waals surface area contributed by atoms with Gasteiger partial charge in [-0.2, -0.15) is 13.2 Å². The molecular weight excluding hydrogens is 397 g/mol. The van der Waals surface area contributed by atoms with E-state index in [0.717, 1.165) is 17.0 Å². The van der Waals surface area contributed by atoms with E-state index in [1.807, 2.05) is 0 Å². The zero-order valence-corrected chi connectivity index (χ0v) is 15.3. The third-order valence-corrected chi connectivity index (χ3v) is 4.16. The first kappa shape index (κ1) is 19.8. The van der Waals surface area contributed by atoms with Gasteiger partial charge in [0, 0.05) is 17.5 Å². The lowest BCUT2D eigenvalue weighted by Crippen LogP contribution is -2.35. The van der Waals surface area contributed by atoms with E-state index >= 15 is 0 Å². The molecule has 1 heterocycles. The van der Waals surface area contributed by atoms with Crippen LogP contribution < -0.4 is 5.32 Å². The Kier molecular flexibility index (Phi) is 5.33. The van der Waals surface area contributed by atoms with Crippen LogP contribution in [0.4, 0.5) is 18.9 Å². The highest BCUT2D eigenvalue weighted by molar-refractivity contribution is 6.31. The molecule has 0 radical (unpaired) electrons. The lowest BCUT2D eigenvalue weighted by atomic mass is 10.1. The molecule has 28 heavy (non-hydrogen) atoms. The third kappa shape index (κ3) is 4.28. The number of rotatable bonds is 4. The third-order valence-electron chi connectivity index (χ3n) is 3.92. The quantitative estimate of drug-likeness (QED) is 0.671. The van der Waals surface area contributed by atoms with Gasteiger partial charge >= 0.3 is 6.18 Å². The number of halogens is 4. The van der Waals surface area contributed by atoms with Crippen LogP contribution in [0.1, 0.15) is 16.1 Å². The molecule has 2 aromatic carbocycles. The van der Waals surface area contributed by atoms with E-state index < -0.39 is 30.1 Å². The average molecular weight is 411 g/mol. The van der Waals surface area contributed by atoms with Gasteiger partial charge in [0.1, 0.15) is 5.58 Å². The van der Waals surface area contributed by atoms with Crippen LogP contribution in [0.3, 0.4) is 0 Å². The summed E-state index contributed by atoms with van der Waals surface area (Å²) in [6, 6.07) is 10.9. The van der Waals surface area contributed by atoms with Gasteiger partial charge in [0.05, 0.1) is 17.8 Å². The highest BCUT2D eigenvalue weighted by Crippen LogP contribution is 2.34. The van der Waals surface area contributed by atoms with E-state index in [0.29, 0.717) is 16.0 Å². The number of benzene rings is 2. The van der Waals surface area contributed by atoms with Crippen molar-refractivity contribution in [2.24, 2.45) is 0 Å². The van der Waals surface area contributed by atoms with Crippen LogP contribution in [-0.4, -0.2) is 30.3 Å². The molecule has 0 atom stereocenters. The number of hydrogen-bond donors (Lipinski definition) is 1. The minimum absolute atomic E-state index is 0.0109. The molecule has 0 unspecified atom stereocenters. The highest BCUT2D eigenvalue weighted by Gasteiger charge is 2.33. The zero-order chi connectivity index (χ0) is 20.5. The fourth-order valence-electron chi connectivity index (χ4n) is 2.62. The maximum Gasteiger partial charge on any atom is 0.418 e. The number of carbonyl (C=O) groups excluding carboxylic acids is 2. The lowest BCUT2D eigenvalue weighted by Gasteiger charge is -2.17. The Morgan fingerprint density at radius 1 is 1.14 bits per heavy atom. The molecule has 0 saturated heterocycles. The van der Waals surface area contributed by atoms with Crippen molar-refractivity contribution in [3.8, 4) is 0 Å². The summed E-state index contributed by atoms with van der Waals surface area (Å²) in [7, 11) is 1.34. The second kappa shape index (κ2) is 7.55. The summed E-state index contributed by atoms with van der Waals surface area (Å²) in [6.45, 7) is -0.456. The molecule has 5 nitrogen and oxygen atoms in total. The Hall–Kier alpha value is -3.00. The number of alkyl halides is 3. The highest BCUT2D eigenvalue weighted by atomic mass is 35.5. The Balaban J connectivity index is 1.71. The molecule has 146 valence electrons. The Bertz CT molecular complexity index is 1050. The van der Waals surface area contributed by atoms with E-state index in [-0.39, 0.29) is 11.4 Å². The second-order valence-electron chi connectivity index (χ2n) is 6.05. The summed E-state index contributed by atoms with van der Waals surface area (Å²) in [5.74, 6) is -1.37. The first-order valence-corrected chi connectivity index (χ1v) is 8.43. The Morgan fingerprint density at radius 2 is 1.86 bits per heavy atom. The molecule has 3 rings (SSSR count). The molecule has 0 aliphatic carbocycles. The number of anilines is 1. The van der Waals surface area contributed by atoms with Gasteiger partial charge < -0.3 is 14.6 Å². The minimum Gasteiger partial charge on any atom is -0.451 e. The molecule has 2 amide bonds. The van der Waals surface area contributed by atoms with E-state index in [1.54, 1.807) is 18.2 Å². The molecule has 0 aliphatic rings. The number of furan rings is 1. The molecule has 0 spiro atoms. The summed E-state index contributed by atoms with van der Waals surface area (Å²) in [5, 5.41) is 3.28. The molecule has 9 heteroatoms. The van der Waals surface area contributed by atoms with Gasteiger partial charge in [-0.25, -0.2) is 0 Å². The van der Waals surface area contributed by atoms with Crippen molar-refractivity contribution in [3.05, 3.63) is 64.9 Å². The number of likely N-dealkylation sites (N-methyl/N-ethyl adjacent to an activating group) is 1. The monoisotopic (exact) mass is 410 g/mol. The van der Waals surface area contributed by atoms with E-state index in [2.05, 4.69) is 5.32 Å². The first-order chi connectivity index (χ1) is 13.1. The van der Waals surface area contributed by atoms with Crippen molar-refractivity contribution in [2.75, 3.05) is 18.9 Å². The molecular formula is C19H14ClF3N2O3. The van der Waals surface area contributed by atoms with Gasteiger partial charge in [-0.1, -0.05) is 23.7 Å². The number of nitrogens with one attached hydrogen (secondary N) is 1. The number of hydrogen-bond acceptors (Lipinski definition) is 3. The first-order valence-electron chi connectivity index (χ1n) is 8.06. The van der Waals surface area contributed by atoms with Gasteiger partial charge in [-0.15, -0.1) is 0 Å². The summed E-state index contributed by atoms with van der Waals surface area (Å²) in [4.78, 5) is 25.6. The van der Waals surface area contributed by atoms with Crippen molar-refractivity contribution in [2.45, 2.75) is 6.18 Å². The normalized spacial score (nSPS) is 11.5. The van der Waals surface area contributed by atoms with Crippen molar-refractivity contribution < 1.29 is 27.2 Å². The van der Waals surface area contributed by atoms with Crippen LogP contribution in [0.25, 0.3) is 11.0 Å².